The van der Waals surface area contributed by atoms with Crippen molar-refractivity contribution in [2.75, 3.05) is 23.5 Å². The van der Waals surface area contributed by atoms with Crippen LogP contribution in [0.1, 0.15) is 12.5 Å². The van der Waals surface area contributed by atoms with Crippen molar-refractivity contribution < 1.29 is 0 Å². The van der Waals surface area contributed by atoms with Crippen LogP contribution in [0.4, 0.5) is 11.4 Å². The van der Waals surface area contributed by atoms with E-state index in [1.807, 2.05) is 55.4 Å². The Morgan fingerprint density at radius 2 is 2.12 bits per heavy atom. The van der Waals surface area contributed by atoms with Gasteiger partial charge >= 0.3 is 0 Å². The van der Waals surface area contributed by atoms with Crippen LogP contribution in [0.2, 0.25) is 0 Å². The molecule has 1 aliphatic heterocycles. The summed E-state index contributed by atoms with van der Waals surface area (Å²) in [7, 11) is 1.89. The number of anilines is 2. The highest BCUT2D eigenvalue weighted by Crippen LogP contribution is 2.26. The molecule has 1 aromatic heterocycles. The minimum absolute atomic E-state index is 0.676. The van der Waals surface area contributed by atoms with Crippen LogP contribution in [0.3, 0.4) is 0 Å². The molecule has 0 saturated carbocycles. The van der Waals surface area contributed by atoms with Gasteiger partial charge in [-0.2, -0.15) is 9.89 Å². The fraction of sp³-hybridized carbons (Fsp3) is 0.111. The summed E-state index contributed by atoms with van der Waals surface area (Å²) in [5.41, 5.74) is 4.50. The van der Waals surface area contributed by atoms with Crippen LogP contribution in [0.15, 0.2) is 72.4 Å². The maximum atomic E-state index is 5.67. The summed E-state index contributed by atoms with van der Waals surface area (Å²) in [6.07, 6.45) is 9.05. The second-order valence-corrected chi connectivity index (χ2v) is 5.43. The molecule has 0 saturated heterocycles. The van der Waals surface area contributed by atoms with Crippen molar-refractivity contribution in [2.24, 2.45) is 4.99 Å². The molecule has 0 bridgehead atoms. The molecular formula is C18H21N7. The van der Waals surface area contributed by atoms with Gasteiger partial charge in [-0.05, 0) is 25.1 Å². The third-order valence-electron chi connectivity index (χ3n) is 3.83. The van der Waals surface area contributed by atoms with E-state index < -0.39 is 0 Å². The van der Waals surface area contributed by atoms with Gasteiger partial charge in [-0.25, -0.2) is 4.99 Å². The van der Waals surface area contributed by atoms with Crippen LogP contribution in [0.5, 0.6) is 0 Å². The number of hydrogen-bond donors (Lipinski definition) is 3. The van der Waals surface area contributed by atoms with Gasteiger partial charge in [0.2, 0.25) is 0 Å². The maximum Gasteiger partial charge on any atom is 0.154 e. The molecule has 25 heavy (non-hydrogen) atoms. The molecule has 0 spiro atoms. The molecule has 7 nitrogen and oxygen atoms in total. The molecule has 2 heterocycles. The predicted molar refractivity (Wildman–Crippen MR) is 103 cm³/mol. The highest BCUT2D eigenvalue weighted by Gasteiger charge is 2.20. The van der Waals surface area contributed by atoms with Crippen LogP contribution in [-0.2, 0) is 0 Å². The molecule has 0 amide bonds. The molecule has 0 radical (unpaired) electrons. The molecule has 4 N–H and O–H groups in total. The number of rotatable bonds is 4. The Balaban J connectivity index is 1.83. The average Bonchev–Trinajstić information content (AvgIpc) is 3.05. The smallest absolute Gasteiger partial charge is 0.154 e. The highest BCUT2D eigenvalue weighted by molar-refractivity contribution is 6.09. The molecule has 1 aromatic carbocycles. The number of aliphatic imine (C=N–C) groups is 1. The zero-order chi connectivity index (χ0) is 17.8. The molecule has 3 rings (SSSR count). The van der Waals surface area contributed by atoms with E-state index in [1.165, 1.54) is 4.79 Å². The average molecular weight is 335 g/mol. The van der Waals surface area contributed by atoms with Crippen LogP contribution in [0.25, 0.3) is 5.70 Å². The Kier molecular flexibility index (Phi) is 4.56. The fourth-order valence-corrected chi connectivity index (χ4v) is 2.59. The number of nitrogens with two attached hydrogens (primary N) is 1. The van der Waals surface area contributed by atoms with Crippen molar-refractivity contribution >= 4 is 22.9 Å². The predicted octanol–water partition coefficient (Wildman–Crippen LogP) is 2.81. The summed E-state index contributed by atoms with van der Waals surface area (Å²) >= 11 is 0. The maximum absolute atomic E-state index is 5.67. The SMILES string of the molecule is C=C1C(Nc2cccc(NC)c2)=NC=CN1/C(=C\C)c1cnn(N)c1. The molecule has 7 heteroatoms. The van der Waals surface area contributed by atoms with Gasteiger partial charge in [0.05, 0.1) is 23.8 Å². The standard InChI is InChI=1S/C18H21N7/c1-4-17(14-11-22-25(19)12-14)24-9-8-21-18(13(24)2)23-16-7-5-6-15(10-16)20-3/h4-12,20H,2,19H2,1,3H3,(H,21,23)/b17-4-. The molecular weight excluding hydrogens is 314 g/mol. The molecule has 0 unspecified atom stereocenters. The monoisotopic (exact) mass is 335 g/mol. The number of allylic oxidation sites excluding steroid dienone is 1. The summed E-state index contributed by atoms with van der Waals surface area (Å²) in [5.74, 6) is 6.35. The lowest BCUT2D eigenvalue weighted by Gasteiger charge is -2.28. The van der Waals surface area contributed by atoms with Gasteiger partial charge in [0, 0.05) is 36.4 Å². The van der Waals surface area contributed by atoms with Crippen LogP contribution in [-0.4, -0.2) is 27.7 Å². The number of nitrogens with zero attached hydrogens (tertiary/aromatic N) is 4. The van der Waals surface area contributed by atoms with E-state index in [0.717, 1.165) is 28.3 Å². The Hall–Kier alpha value is -3.48. The van der Waals surface area contributed by atoms with Gasteiger partial charge in [0.1, 0.15) is 0 Å². The molecule has 1 aliphatic rings. The first kappa shape index (κ1) is 16.4. The number of benzene rings is 1. The Labute approximate surface area is 146 Å². The first-order valence-electron chi connectivity index (χ1n) is 7.86. The number of hydrogen-bond acceptors (Lipinski definition) is 6. The van der Waals surface area contributed by atoms with Crippen LogP contribution in [0, 0.1) is 0 Å². The van der Waals surface area contributed by atoms with E-state index in [1.54, 1.807) is 18.6 Å². The third-order valence-corrected chi connectivity index (χ3v) is 3.83. The van der Waals surface area contributed by atoms with Gasteiger partial charge in [-0.15, -0.1) is 0 Å². The normalized spacial score (nSPS) is 14.5. The van der Waals surface area contributed by atoms with E-state index in [9.17, 15) is 0 Å². The van der Waals surface area contributed by atoms with Crippen LogP contribution >= 0.6 is 0 Å². The van der Waals surface area contributed by atoms with Crippen molar-refractivity contribution in [3.63, 3.8) is 0 Å². The Bertz CT molecular complexity index is 873. The Morgan fingerprint density at radius 1 is 1.32 bits per heavy atom. The number of amidine groups is 1. The van der Waals surface area contributed by atoms with E-state index in [0.29, 0.717) is 5.84 Å². The summed E-state index contributed by atoms with van der Waals surface area (Å²) < 4.78 is 0. The van der Waals surface area contributed by atoms with E-state index in [-0.39, 0.29) is 0 Å². The molecule has 128 valence electrons. The Morgan fingerprint density at radius 3 is 2.80 bits per heavy atom. The van der Waals surface area contributed by atoms with Crippen LogP contribution < -0.4 is 16.5 Å². The zero-order valence-corrected chi connectivity index (χ0v) is 14.3. The zero-order valence-electron chi connectivity index (χ0n) is 14.3. The van der Waals surface area contributed by atoms with E-state index in [2.05, 4.69) is 27.3 Å². The summed E-state index contributed by atoms with van der Waals surface area (Å²) in [6.45, 7) is 6.14. The van der Waals surface area contributed by atoms with Crippen molar-refractivity contribution in [1.29, 1.82) is 0 Å². The second kappa shape index (κ2) is 6.96. The molecule has 0 fully saturated rings. The van der Waals surface area contributed by atoms with Crippen molar-refractivity contribution in [3.05, 3.63) is 73.0 Å². The highest BCUT2D eigenvalue weighted by atomic mass is 15.5. The number of nitrogens with one attached hydrogen (secondary N) is 2. The second-order valence-electron chi connectivity index (χ2n) is 5.43. The third kappa shape index (κ3) is 3.40. The fourth-order valence-electron chi connectivity index (χ4n) is 2.59. The lowest BCUT2D eigenvalue weighted by Crippen LogP contribution is -2.28. The topological polar surface area (TPSA) is 83.5 Å². The number of nitrogen functional groups attached to an aromatic ring is 1. The largest absolute Gasteiger partial charge is 0.388 e. The lowest BCUT2D eigenvalue weighted by molar-refractivity contribution is 0.683. The first-order valence-corrected chi connectivity index (χ1v) is 7.86. The summed E-state index contributed by atoms with van der Waals surface area (Å²) in [6, 6.07) is 7.96. The van der Waals surface area contributed by atoms with Gasteiger partial charge in [0.15, 0.2) is 5.84 Å². The summed E-state index contributed by atoms with van der Waals surface area (Å²) in [4.78, 5) is 7.65. The minimum atomic E-state index is 0.676. The van der Waals surface area contributed by atoms with Gasteiger partial charge < -0.3 is 21.4 Å². The van der Waals surface area contributed by atoms with E-state index >= 15 is 0 Å². The number of aromatic nitrogens is 2. The first-order chi connectivity index (χ1) is 12.1. The lowest BCUT2D eigenvalue weighted by atomic mass is 10.2. The van der Waals surface area contributed by atoms with E-state index in [4.69, 9.17) is 5.84 Å². The summed E-state index contributed by atoms with van der Waals surface area (Å²) in [5, 5.41) is 10.5. The molecule has 0 aliphatic carbocycles. The molecule has 0 atom stereocenters. The van der Waals surface area contributed by atoms with Gasteiger partial charge in [0.25, 0.3) is 0 Å². The molecule has 2 aromatic rings. The van der Waals surface area contributed by atoms with Crippen molar-refractivity contribution in [3.8, 4) is 0 Å². The minimum Gasteiger partial charge on any atom is -0.388 e. The van der Waals surface area contributed by atoms with Crippen molar-refractivity contribution in [2.45, 2.75) is 6.92 Å². The quantitative estimate of drug-likeness (QED) is 0.748. The van der Waals surface area contributed by atoms with Crippen molar-refractivity contribution in [1.82, 2.24) is 14.8 Å². The van der Waals surface area contributed by atoms with Gasteiger partial charge in [-0.3, -0.25) is 0 Å². The van der Waals surface area contributed by atoms with Gasteiger partial charge in [-0.1, -0.05) is 18.7 Å².